The second kappa shape index (κ2) is 9.39. The highest BCUT2D eigenvalue weighted by Crippen LogP contribution is 2.49. The number of aliphatic carboxylic acids is 1. The Labute approximate surface area is 215 Å². The number of benzene rings is 1. The number of carbonyl (C=O) groups is 2. The molecule has 1 heterocycles. The van der Waals surface area contributed by atoms with Crippen molar-refractivity contribution in [1.29, 1.82) is 0 Å². The van der Waals surface area contributed by atoms with Crippen LogP contribution >= 0.6 is 0 Å². The van der Waals surface area contributed by atoms with Gasteiger partial charge in [0.15, 0.2) is 0 Å². The van der Waals surface area contributed by atoms with Crippen LogP contribution in [0.15, 0.2) is 24.3 Å². The van der Waals surface area contributed by atoms with Gasteiger partial charge in [-0.1, -0.05) is 65.9 Å². The van der Waals surface area contributed by atoms with Crippen molar-refractivity contribution in [2.45, 2.75) is 109 Å². The van der Waals surface area contributed by atoms with Gasteiger partial charge in [-0.05, 0) is 89.3 Å². The first kappa shape index (κ1) is 25.1. The molecule has 1 amide bonds. The van der Waals surface area contributed by atoms with E-state index in [2.05, 4.69) is 62.3 Å². The smallest absolute Gasteiger partial charge is 0.306 e. The van der Waals surface area contributed by atoms with Gasteiger partial charge in [0.05, 0.1) is 5.92 Å². The van der Waals surface area contributed by atoms with Gasteiger partial charge in [0, 0.05) is 11.7 Å². The fourth-order valence-electron chi connectivity index (χ4n) is 5.97. The number of carboxylic acids is 1. The average Bonchev–Trinajstić information content (AvgIpc) is 3.42. The fraction of sp³-hybridized carbons (Fsp3) is 0.613. The molecule has 0 spiro atoms. The highest BCUT2D eigenvalue weighted by molar-refractivity contribution is 5.94. The summed E-state index contributed by atoms with van der Waals surface area (Å²) in [6.45, 7) is 9.16. The lowest BCUT2D eigenvalue weighted by molar-refractivity contribution is -0.145. The van der Waals surface area contributed by atoms with Crippen molar-refractivity contribution >= 4 is 11.9 Å². The van der Waals surface area contributed by atoms with Gasteiger partial charge in [0.2, 0.25) is 0 Å². The zero-order valence-corrected chi connectivity index (χ0v) is 22.4. The van der Waals surface area contributed by atoms with Gasteiger partial charge >= 0.3 is 5.97 Å². The molecule has 0 radical (unpaired) electrons. The van der Waals surface area contributed by atoms with E-state index in [0.717, 1.165) is 12.1 Å². The van der Waals surface area contributed by atoms with Crippen molar-refractivity contribution in [2.24, 2.45) is 11.8 Å². The van der Waals surface area contributed by atoms with E-state index >= 15 is 0 Å². The quantitative estimate of drug-likeness (QED) is 0.402. The maximum absolute atomic E-state index is 13.2. The molecule has 1 aromatic carbocycles. The van der Waals surface area contributed by atoms with Gasteiger partial charge in [-0.25, -0.2) is 0 Å². The van der Waals surface area contributed by atoms with Crippen LogP contribution in [-0.4, -0.2) is 28.0 Å². The monoisotopic (exact) mass is 490 g/mol. The molecular weight excluding hydrogens is 448 g/mol. The number of hydrogen-bond donors (Lipinski definition) is 3. The van der Waals surface area contributed by atoms with Crippen molar-refractivity contribution in [3.8, 4) is 11.3 Å². The third kappa shape index (κ3) is 5.26. The first-order valence-corrected chi connectivity index (χ1v) is 13.9. The summed E-state index contributed by atoms with van der Waals surface area (Å²) in [5, 5.41) is 12.2. The van der Waals surface area contributed by atoms with Crippen LogP contribution in [-0.2, 0) is 22.0 Å². The minimum atomic E-state index is -0.767. The molecule has 3 N–H and O–H groups in total. The SMILES string of the molecule is CC(C)(C)c1cc(-c2[nH]c(C(=O)NC3CC(C(=O)O)C3)cc2CC2CCCCC2)cc(C2(C)CC2)c1. The van der Waals surface area contributed by atoms with E-state index in [1.54, 1.807) is 0 Å². The number of aromatic amines is 1. The summed E-state index contributed by atoms with van der Waals surface area (Å²) < 4.78 is 0. The molecule has 3 saturated carbocycles. The number of carbonyl (C=O) groups excluding carboxylic acids is 1. The average molecular weight is 491 g/mol. The van der Waals surface area contributed by atoms with E-state index in [1.807, 2.05) is 0 Å². The Morgan fingerprint density at radius 2 is 1.75 bits per heavy atom. The summed E-state index contributed by atoms with van der Waals surface area (Å²) in [6.07, 6.45) is 10.9. The van der Waals surface area contributed by atoms with Gasteiger partial charge in [-0.15, -0.1) is 0 Å². The van der Waals surface area contributed by atoms with Gasteiger partial charge in [0.1, 0.15) is 5.69 Å². The van der Waals surface area contributed by atoms with Crippen molar-refractivity contribution in [2.75, 3.05) is 0 Å². The molecule has 1 aromatic heterocycles. The Kier molecular flexibility index (Phi) is 6.55. The second-order valence-electron chi connectivity index (χ2n) is 13.1. The van der Waals surface area contributed by atoms with Crippen LogP contribution in [0.2, 0.25) is 0 Å². The minimum Gasteiger partial charge on any atom is -0.481 e. The van der Waals surface area contributed by atoms with Crippen molar-refractivity contribution in [1.82, 2.24) is 10.3 Å². The van der Waals surface area contributed by atoms with Crippen LogP contribution < -0.4 is 5.32 Å². The standard InChI is InChI=1S/C31H42N2O3/c1-30(2,3)23-13-21(14-24(18-23)31(4)10-11-31)27-20(12-19-8-6-5-7-9-19)17-26(33-27)28(34)32-25-15-22(16-25)29(35)36/h13-14,17-19,22,25,33H,5-12,15-16H2,1-4H3,(H,32,34)(H,35,36). The number of rotatable bonds is 7. The fourth-order valence-corrected chi connectivity index (χ4v) is 5.97. The topological polar surface area (TPSA) is 82.2 Å². The number of nitrogens with one attached hydrogen (secondary N) is 2. The largest absolute Gasteiger partial charge is 0.481 e. The molecule has 0 saturated heterocycles. The van der Waals surface area contributed by atoms with Crippen molar-refractivity contribution in [3.63, 3.8) is 0 Å². The van der Waals surface area contributed by atoms with E-state index in [-0.39, 0.29) is 28.7 Å². The summed E-state index contributed by atoms with van der Waals surface area (Å²) in [5.74, 6) is -0.560. The van der Waals surface area contributed by atoms with Gasteiger partial charge in [0.25, 0.3) is 5.91 Å². The lowest BCUT2D eigenvalue weighted by atomic mass is 9.80. The molecule has 194 valence electrons. The third-order valence-electron chi connectivity index (χ3n) is 8.98. The number of hydrogen-bond acceptors (Lipinski definition) is 2. The van der Waals surface area contributed by atoms with Crippen LogP contribution in [0.5, 0.6) is 0 Å². The molecule has 5 nitrogen and oxygen atoms in total. The molecule has 3 aliphatic carbocycles. The molecule has 0 unspecified atom stereocenters. The highest BCUT2D eigenvalue weighted by atomic mass is 16.4. The summed E-state index contributed by atoms with van der Waals surface area (Å²) in [7, 11) is 0. The van der Waals surface area contributed by atoms with Gasteiger partial charge < -0.3 is 15.4 Å². The third-order valence-corrected chi connectivity index (χ3v) is 8.98. The summed E-state index contributed by atoms with van der Waals surface area (Å²) in [6, 6.07) is 9.07. The Balaban J connectivity index is 1.48. The molecular formula is C31H42N2O3. The first-order valence-electron chi connectivity index (χ1n) is 13.9. The highest BCUT2D eigenvalue weighted by Gasteiger charge is 2.40. The predicted octanol–water partition coefficient (Wildman–Crippen LogP) is 6.75. The maximum atomic E-state index is 13.2. The van der Waals surface area contributed by atoms with E-state index < -0.39 is 5.97 Å². The maximum Gasteiger partial charge on any atom is 0.306 e. The Morgan fingerprint density at radius 3 is 2.36 bits per heavy atom. The zero-order valence-electron chi connectivity index (χ0n) is 22.4. The number of amides is 1. The summed E-state index contributed by atoms with van der Waals surface area (Å²) in [4.78, 5) is 27.9. The van der Waals surface area contributed by atoms with E-state index in [9.17, 15) is 9.59 Å². The van der Waals surface area contributed by atoms with Crippen LogP contribution in [0.25, 0.3) is 11.3 Å². The molecule has 5 heteroatoms. The Morgan fingerprint density at radius 1 is 1.06 bits per heavy atom. The van der Waals surface area contributed by atoms with Crippen LogP contribution in [0.4, 0.5) is 0 Å². The molecule has 2 aromatic rings. The first-order chi connectivity index (χ1) is 17.0. The van der Waals surface area contributed by atoms with E-state index in [1.165, 1.54) is 67.2 Å². The summed E-state index contributed by atoms with van der Waals surface area (Å²) in [5.41, 5.74) is 7.14. The Hall–Kier alpha value is -2.56. The van der Waals surface area contributed by atoms with E-state index in [0.29, 0.717) is 24.5 Å². The molecule has 0 aliphatic heterocycles. The lowest BCUT2D eigenvalue weighted by Gasteiger charge is -2.32. The van der Waals surface area contributed by atoms with Crippen LogP contribution in [0, 0.1) is 11.8 Å². The molecule has 0 atom stereocenters. The van der Waals surface area contributed by atoms with Crippen LogP contribution in [0.3, 0.4) is 0 Å². The van der Waals surface area contributed by atoms with Crippen molar-refractivity contribution in [3.05, 3.63) is 46.6 Å². The predicted molar refractivity (Wildman–Crippen MR) is 143 cm³/mol. The Bertz CT molecular complexity index is 1120. The molecule has 3 fully saturated rings. The normalized spacial score (nSPS) is 23.7. The minimum absolute atomic E-state index is 0.0389. The van der Waals surface area contributed by atoms with E-state index in [4.69, 9.17) is 5.11 Å². The number of aromatic nitrogens is 1. The lowest BCUT2D eigenvalue weighted by Crippen LogP contribution is -2.46. The molecule has 0 bridgehead atoms. The molecule has 36 heavy (non-hydrogen) atoms. The second-order valence-corrected chi connectivity index (χ2v) is 13.1. The van der Waals surface area contributed by atoms with Crippen molar-refractivity contribution < 1.29 is 14.7 Å². The molecule has 5 rings (SSSR count). The summed E-state index contributed by atoms with van der Waals surface area (Å²) >= 11 is 0. The zero-order chi connectivity index (χ0) is 25.7. The molecule has 3 aliphatic rings. The number of carboxylic acid groups (broad SMARTS) is 1. The van der Waals surface area contributed by atoms with Gasteiger partial charge in [-0.3, -0.25) is 9.59 Å². The van der Waals surface area contributed by atoms with Gasteiger partial charge in [-0.2, -0.15) is 0 Å². The van der Waals surface area contributed by atoms with Crippen LogP contribution in [0.1, 0.15) is 113 Å². The number of H-pyrrole nitrogens is 1.